The third kappa shape index (κ3) is 2.78. The van der Waals surface area contributed by atoms with Gasteiger partial charge in [-0.3, -0.25) is 14.5 Å². The zero-order chi connectivity index (χ0) is 19.2. The summed E-state index contributed by atoms with van der Waals surface area (Å²) in [7, 11) is 1.97. The molecule has 1 aromatic carbocycles. The van der Waals surface area contributed by atoms with Crippen LogP contribution < -0.4 is 10.6 Å². The number of carbonyl (C=O) groups excluding carboxylic acids is 3. The Bertz CT molecular complexity index is 901. The van der Waals surface area contributed by atoms with Crippen molar-refractivity contribution in [3.63, 3.8) is 0 Å². The third-order valence-electron chi connectivity index (χ3n) is 5.96. The van der Waals surface area contributed by atoms with Crippen molar-refractivity contribution < 1.29 is 14.4 Å². The molecule has 1 saturated heterocycles. The van der Waals surface area contributed by atoms with Gasteiger partial charge in [0.05, 0.1) is 6.54 Å². The number of nitrogens with zero attached hydrogens (tertiary/aromatic N) is 2. The second kappa shape index (κ2) is 6.40. The quantitative estimate of drug-likeness (QED) is 0.810. The van der Waals surface area contributed by atoms with Gasteiger partial charge in [-0.15, -0.1) is 0 Å². The summed E-state index contributed by atoms with van der Waals surface area (Å²) in [5.41, 5.74) is 2.46. The Balaban J connectivity index is 1.44. The van der Waals surface area contributed by atoms with Crippen LogP contribution in [0.25, 0.3) is 10.9 Å². The van der Waals surface area contributed by atoms with Crippen molar-refractivity contribution >= 4 is 28.7 Å². The first-order valence-corrected chi connectivity index (χ1v) is 9.37. The number of aryl methyl sites for hydroxylation is 2. The number of fused-ring (bicyclic) bond motifs is 1. The Kier molecular flexibility index (Phi) is 4.17. The number of carbonyl (C=O) groups is 3. The minimum Gasteiger partial charge on any atom is -0.349 e. The number of urea groups is 1. The number of amides is 4. The van der Waals surface area contributed by atoms with Crippen LogP contribution in [0.2, 0.25) is 0 Å². The number of imide groups is 1. The van der Waals surface area contributed by atoms with Gasteiger partial charge in [0.1, 0.15) is 12.1 Å². The van der Waals surface area contributed by atoms with Crippen molar-refractivity contribution in [2.75, 3.05) is 6.54 Å². The topological polar surface area (TPSA) is 83.4 Å². The minimum atomic E-state index is -0.774. The van der Waals surface area contributed by atoms with Crippen LogP contribution in [-0.2, 0) is 23.2 Å². The van der Waals surface area contributed by atoms with Gasteiger partial charge in [0, 0.05) is 23.6 Å². The van der Waals surface area contributed by atoms with Gasteiger partial charge in [0.2, 0.25) is 5.91 Å². The van der Waals surface area contributed by atoms with E-state index in [-0.39, 0.29) is 18.4 Å². The Hall–Kier alpha value is -2.83. The molecule has 2 heterocycles. The molecule has 142 valence electrons. The van der Waals surface area contributed by atoms with Crippen LogP contribution >= 0.6 is 0 Å². The molecule has 1 saturated carbocycles. The van der Waals surface area contributed by atoms with E-state index in [4.69, 9.17) is 0 Å². The molecular formula is C20H24N4O3. The monoisotopic (exact) mass is 368 g/mol. The van der Waals surface area contributed by atoms with Crippen molar-refractivity contribution in [2.24, 2.45) is 7.05 Å². The molecule has 7 heteroatoms. The molecule has 2 N–H and O–H groups in total. The van der Waals surface area contributed by atoms with Crippen molar-refractivity contribution in [3.05, 3.63) is 35.5 Å². The van der Waals surface area contributed by atoms with E-state index in [1.54, 1.807) is 0 Å². The average Bonchev–Trinajstić information content (AvgIpc) is 3.29. The molecule has 2 fully saturated rings. The Morgan fingerprint density at radius 2 is 1.93 bits per heavy atom. The summed E-state index contributed by atoms with van der Waals surface area (Å²) >= 11 is 0. The van der Waals surface area contributed by atoms with E-state index in [0.717, 1.165) is 39.9 Å². The van der Waals surface area contributed by atoms with Gasteiger partial charge in [-0.2, -0.15) is 0 Å². The Labute approximate surface area is 157 Å². The fraction of sp³-hybridized carbons (Fsp3) is 0.450. The van der Waals surface area contributed by atoms with E-state index in [1.807, 2.05) is 32.2 Å². The molecule has 7 nitrogen and oxygen atoms in total. The van der Waals surface area contributed by atoms with Crippen molar-refractivity contribution in [3.8, 4) is 0 Å². The van der Waals surface area contributed by atoms with Gasteiger partial charge < -0.3 is 15.2 Å². The highest BCUT2D eigenvalue weighted by molar-refractivity contribution is 6.09. The van der Waals surface area contributed by atoms with E-state index < -0.39 is 11.6 Å². The standard InChI is InChI=1S/C20H24N4O3/c1-13-14-7-3-4-8-15(14)23(2)16(13)11-21-17(25)12-24-18(26)20(22-19(24)27)9-5-6-10-20/h3-4,7-8H,5-6,9-12H2,1-2H3,(H,21,25)(H,22,27). The number of rotatable bonds is 4. The van der Waals surface area contributed by atoms with Crippen LogP contribution in [0.4, 0.5) is 4.79 Å². The van der Waals surface area contributed by atoms with Gasteiger partial charge in [0.15, 0.2) is 0 Å². The van der Waals surface area contributed by atoms with E-state index >= 15 is 0 Å². The summed E-state index contributed by atoms with van der Waals surface area (Å²) in [5.74, 6) is -0.598. The lowest BCUT2D eigenvalue weighted by atomic mass is 9.98. The van der Waals surface area contributed by atoms with Crippen molar-refractivity contribution in [1.29, 1.82) is 0 Å². The lowest BCUT2D eigenvalue weighted by Gasteiger charge is -2.19. The summed E-state index contributed by atoms with van der Waals surface area (Å²) in [6.45, 7) is 2.14. The predicted octanol–water partition coefficient (Wildman–Crippen LogP) is 1.97. The largest absolute Gasteiger partial charge is 0.349 e. The molecule has 27 heavy (non-hydrogen) atoms. The molecule has 0 radical (unpaired) electrons. The molecule has 2 aliphatic rings. The molecule has 1 aromatic heterocycles. The normalized spacial score (nSPS) is 18.5. The maximum atomic E-state index is 12.6. The molecule has 0 unspecified atom stereocenters. The molecule has 1 aliphatic carbocycles. The van der Waals surface area contributed by atoms with Gasteiger partial charge in [-0.05, 0) is 31.4 Å². The van der Waals surface area contributed by atoms with Crippen LogP contribution in [0, 0.1) is 6.92 Å². The minimum absolute atomic E-state index is 0.241. The number of aromatic nitrogens is 1. The van der Waals surface area contributed by atoms with Gasteiger partial charge in [0.25, 0.3) is 5.91 Å². The lowest BCUT2D eigenvalue weighted by molar-refractivity contribution is -0.134. The smallest absolute Gasteiger partial charge is 0.325 e. The zero-order valence-electron chi connectivity index (χ0n) is 15.7. The van der Waals surface area contributed by atoms with E-state index in [9.17, 15) is 14.4 Å². The van der Waals surface area contributed by atoms with Crippen molar-refractivity contribution in [1.82, 2.24) is 20.1 Å². The fourth-order valence-corrected chi connectivity index (χ4v) is 4.41. The fourth-order valence-electron chi connectivity index (χ4n) is 4.41. The van der Waals surface area contributed by atoms with Gasteiger partial charge >= 0.3 is 6.03 Å². The second-order valence-corrected chi connectivity index (χ2v) is 7.54. The van der Waals surface area contributed by atoms with Crippen LogP contribution in [0.5, 0.6) is 0 Å². The summed E-state index contributed by atoms with van der Waals surface area (Å²) in [4.78, 5) is 38.3. The maximum absolute atomic E-state index is 12.6. The van der Waals surface area contributed by atoms with Gasteiger partial charge in [-0.25, -0.2) is 4.79 Å². The van der Waals surface area contributed by atoms with Crippen molar-refractivity contribution in [2.45, 2.75) is 44.7 Å². The number of para-hydroxylation sites is 1. The SMILES string of the molecule is Cc1c(CNC(=O)CN2C(=O)NC3(CCCC3)C2=O)n(C)c2ccccc12. The Morgan fingerprint density at radius 3 is 2.63 bits per heavy atom. The van der Waals surface area contributed by atoms with Crippen LogP contribution in [0.15, 0.2) is 24.3 Å². The number of nitrogens with one attached hydrogen (secondary N) is 2. The van der Waals surface area contributed by atoms with E-state index in [1.165, 1.54) is 0 Å². The molecule has 0 bridgehead atoms. The number of hydrogen-bond donors (Lipinski definition) is 2. The molecule has 1 spiro atoms. The van der Waals surface area contributed by atoms with Gasteiger partial charge in [-0.1, -0.05) is 31.0 Å². The van der Waals surface area contributed by atoms with Crippen LogP contribution in [-0.4, -0.2) is 39.4 Å². The Morgan fingerprint density at radius 1 is 1.22 bits per heavy atom. The number of benzene rings is 1. The molecule has 4 rings (SSSR count). The van der Waals surface area contributed by atoms with E-state index in [0.29, 0.717) is 19.4 Å². The summed E-state index contributed by atoms with van der Waals surface area (Å²) < 4.78 is 2.06. The maximum Gasteiger partial charge on any atom is 0.325 e. The first-order valence-electron chi connectivity index (χ1n) is 9.37. The lowest BCUT2D eigenvalue weighted by Crippen LogP contribution is -2.45. The predicted molar refractivity (Wildman–Crippen MR) is 101 cm³/mol. The third-order valence-corrected chi connectivity index (χ3v) is 5.96. The summed E-state index contributed by atoms with van der Waals surface area (Å²) in [6, 6.07) is 7.62. The molecule has 0 atom stereocenters. The number of hydrogen-bond acceptors (Lipinski definition) is 3. The summed E-state index contributed by atoms with van der Waals surface area (Å²) in [6.07, 6.45) is 3.16. The van der Waals surface area contributed by atoms with Crippen LogP contribution in [0.1, 0.15) is 36.9 Å². The first kappa shape index (κ1) is 17.6. The highest BCUT2D eigenvalue weighted by atomic mass is 16.2. The molecular weight excluding hydrogens is 344 g/mol. The van der Waals surface area contributed by atoms with E-state index in [2.05, 4.69) is 21.3 Å². The first-order chi connectivity index (χ1) is 12.9. The zero-order valence-corrected chi connectivity index (χ0v) is 15.7. The highest BCUT2D eigenvalue weighted by Gasteiger charge is 2.52. The summed E-state index contributed by atoms with van der Waals surface area (Å²) in [5, 5.41) is 6.81. The molecule has 1 aliphatic heterocycles. The average molecular weight is 368 g/mol. The molecule has 4 amide bonds. The second-order valence-electron chi connectivity index (χ2n) is 7.54. The van der Waals surface area contributed by atoms with Crippen LogP contribution in [0.3, 0.4) is 0 Å². The molecule has 2 aromatic rings. The highest BCUT2D eigenvalue weighted by Crippen LogP contribution is 2.34.